The lowest BCUT2D eigenvalue weighted by Gasteiger charge is -2.07. The molecule has 0 aliphatic rings. The second-order valence-electron chi connectivity index (χ2n) is 3.91. The van der Waals surface area contributed by atoms with E-state index in [1.165, 1.54) is 18.2 Å². The molecule has 2 rings (SSSR count). The van der Waals surface area contributed by atoms with Gasteiger partial charge < -0.3 is 0 Å². The average molecular weight is 283 g/mol. The van der Waals surface area contributed by atoms with Gasteiger partial charge in [0.25, 0.3) is 0 Å². The van der Waals surface area contributed by atoms with E-state index in [0.29, 0.717) is 21.2 Å². The number of benzene rings is 2. The molecule has 0 fully saturated rings. The molecule has 92 valence electrons. The quantitative estimate of drug-likeness (QED) is 0.732. The van der Waals surface area contributed by atoms with Gasteiger partial charge in [0.2, 0.25) is 0 Å². The SMILES string of the molecule is Cc1ccc(F)cc1C(=O)c1cc(Cl)ccc1Cl. The van der Waals surface area contributed by atoms with E-state index in [4.69, 9.17) is 23.2 Å². The van der Waals surface area contributed by atoms with Gasteiger partial charge in [-0.15, -0.1) is 0 Å². The third-order valence-electron chi connectivity index (χ3n) is 2.62. The van der Waals surface area contributed by atoms with E-state index in [-0.39, 0.29) is 11.3 Å². The van der Waals surface area contributed by atoms with Crippen LogP contribution in [0.25, 0.3) is 0 Å². The summed E-state index contributed by atoms with van der Waals surface area (Å²) in [6.45, 7) is 1.74. The fraction of sp³-hybridized carbons (Fsp3) is 0.0714. The van der Waals surface area contributed by atoms with Crippen molar-refractivity contribution in [2.45, 2.75) is 6.92 Å². The fourth-order valence-electron chi connectivity index (χ4n) is 1.66. The van der Waals surface area contributed by atoms with E-state index in [2.05, 4.69) is 0 Å². The zero-order chi connectivity index (χ0) is 13.3. The first-order chi connectivity index (χ1) is 8.49. The molecule has 1 nitrogen and oxygen atoms in total. The molecule has 0 spiro atoms. The molecule has 0 aromatic heterocycles. The van der Waals surface area contributed by atoms with E-state index in [9.17, 15) is 9.18 Å². The van der Waals surface area contributed by atoms with E-state index in [1.807, 2.05) is 0 Å². The summed E-state index contributed by atoms with van der Waals surface area (Å²) in [5.41, 5.74) is 1.26. The fourth-order valence-corrected chi connectivity index (χ4v) is 2.03. The molecule has 0 amide bonds. The van der Waals surface area contributed by atoms with Crippen molar-refractivity contribution in [3.05, 3.63) is 69.0 Å². The zero-order valence-corrected chi connectivity index (χ0v) is 11.0. The molecule has 18 heavy (non-hydrogen) atoms. The van der Waals surface area contributed by atoms with Crippen molar-refractivity contribution >= 4 is 29.0 Å². The highest BCUT2D eigenvalue weighted by molar-refractivity contribution is 6.36. The average Bonchev–Trinajstić information content (AvgIpc) is 2.34. The smallest absolute Gasteiger partial charge is 0.194 e. The lowest BCUT2D eigenvalue weighted by Crippen LogP contribution is -2.05. The van der Waals surface area contributed by atoms with Gasteiger partial charge in [0.05, 0.1) is 5.02 Å². The number of rotatable bonds is 2. The Bertz CT molecular complexity index is 570. The molecule has 2 aromatic carbocycles. The molecule has 0 aliphatic heterocycles. The van der Waals surface area contributed by atoms with E-state index in [0.717, 1.165) is 0 Å². The van der Waals surface area contributed by atoms with Gasteiger partial charge in [-0.05, 0) is 42.8 Å². The van der Waals surface area contributed by atoms with E-state index < -0.39 is 5.82 Å². The largest absolute Gasteiger partial charge is 0.289 e. The molecular formula is C14H9Cl2FO. The van der Waals surface area contributed by atoms with Gasteiger partial charge >= 0.3 is 0 Å². The molecule has 0 heterocycles. The van der Waals surface area contributed by atoms with Crippen LogP contribution in [0.1, 0.15) is 21.5 Å². The van der Waals surface area contributed by atoms with Crippen molar-refractivity contribution < 1.29 is 9.18 Å². The van der Waals surface area contributed by atoms with Crippen LogP contribution in [0.5, 0.6) is 0 Å². The maximum absolute atomic E-state index is 13.2. The van der Waals surface area contributed by atoms with E-state index >= 15 is 0 Å². The molecule has 2 aromatic rings. The molecule has 0 bridgehead atoms. The van der Waals surface area contributed by atoms with Gasteiger partial charge in [-0.1, -0.05) is 29.3 Å². The Morgan fingerprint density at radius 3 is 2.50 bits per heavy atom. The lowest BCUT2D eigenvalue weighted by molar-refractivity contribution is 0.103. The van der Waals surface area contributed by atoms with Crippen LogP contribution in [-0.4, -0.2) is 5.78 Å². The normalized spacial score (nSPS) is 10.4. The van der Waals surface area contributed by atoms with Gasteiger partial charge in [-0.3, -0.25) is 4.79 Å². The van der Waals surface area contributed by atoms with Crippen molar-refractivity contribution in [2.75, 3.05) is 0 Å². The summed E-state index contributed by atoms with van der Waals surface area (Å²) in [5.74, 6) is -0.790. The Hall–Kier alpha value is -1.38. The second-order valence-corrected chi connectivity index (χ2v) is 4.76. The van der Waals surface area contributed by atoms with Crippen LogP contribution in [0.3, 0.4) is 0 Å². The number of carbonyl (C=O) groups is 1. The summed E-state index contributed by atoms with van der Waals surface area (Å²) in [6, 6.07) is 8.70. The first-order valence-corrected chi connectivity index (χ1v) is 6.00. The third-order valence-corrected chi connectivity index (χ3v) is 3.18. The summed E-state index contributed by atoms with van der Waals surface area (Å²) in [6.07, 6.45) is 0. The highest BCUT2D eigenvalue weighted by atomic mass is 35.5. The number of hydrogen-bond acceptors (Lipinski definition) is 1. The van der Waals surface area contributed by atoms with Crippen LogP contribution in [0, 0.1) is 12.7 Å². The van der Waals surface area contributed by atoms with Crippen LogP contribution >= 0.6 is 23.2 Å². The summed E-state index contributed by atoms with van der Waals surface area (Å²) < 4.78 is 13.2. The van der Waals surface area contributed by atoms with Crippen molar-refractivity contribution in [3.63, 3.8) is 0 Å². The Balaban J connectivity index is 2.54. The Morgan fingerprint density at radius 1 is 1.06 bits per heavy atom. The van der Waals surface area contributed by atoms with Crippen LogP contribution in [-0.2, 0) is 0 Å². The van der Waals surface area contributed by atoms with Crippen LogP contribution in [0.4, 0.5) is 4.39 Å². The van der Waals surface area contributed by atoms with Crippen molar-refractivity contribution in [1.29, 1.82) is 0 Å². The van der Waals surface area contributed by atoms with Crippen LogP contribution in [0.15, 0.2) is 36.4 Å². The minimum absolute atomic E-state index is 0.276. The van der Waals surface area contributed by atoms with Gasteiger partial charge in [0, 0.05) is 16.1 Å². The predicted molar refractivity (Wildman–Crippen MR) is 71.0 cm³/mol. The van der Waals surface area contributed by atoms with Gasteiger partial charge in [0.15, 0.2) is 5.78 Å². The topological polar surface area (TPSA) is 17.1 Å². The number of ketones is 1. The Morgan fingerprint density at radius 2 is 1.78 bits per heavy atom. The van der Waals surface area contributed by atoms with Gasteiger partial charge in [-0.25, -0.2) is 4.39 Å². The molecule has 0 saturated heterocycles. The molecule has 0 saturated carbocycles. The highest BCUT2D eigenvalue weighted by Gasteiger charge is 2.16. The molecule has 0 N–H and O–H groups in total. The number of carbonyl (C=O) groups excluding carboxylic acids is 1. The molecule has 0 radical (unpaired) electrons. The molecule has 4 heteroatoms. The monoisotopic (exact) mass is 282 g/mol. The van der Waals surface area contributed by atoms with Gasteiger partial charge in [0.1, 0.15) is 5.82 Å². The molecule has 0 atom stereocenters. The zero-order valence-electron chi connectivity index (χ0n) is 9.51. The highest BCUT2D eigenvalue weighted by Crippen LogP contribution is 2.24. The molecular weight excluding hydrogens is 274 g/mol. The maximum Gasteiger partial charge on any atom is 0.194 e. The standard InChI is InChI=1S/C14H9Cl2FO/c1-8-2-4-10(17)7-11(8)14(18)12-6-9(15)3-5-13(12)16/h2-7H,1H3. The summed E-state index contributed by atoms with van der Waals surface area (Å²) in [7, 11) is 0. The number of hydrogen-bond donors (Lipinski definition) is 0. The molecule has 0 aliphatic carbocycles. The number of halogens is 3. The van der Waals surface area contributed by atoms with E-state index in [1.54, 1.807) is 25.1 Å². The number of aryl methyl sites for hydroxylation is 1. The van der Waals surface area contributed by atoms with Crippen molar-refractivity contribution in [3.8, 4) is 0 Å². The Kier molecular flexibility index (Phi) is 3.69. The van der Waals surface area contributed by atoms with Crippen LogP contribution in [0.2, 0.25) is 10.0 Å². The van der Waals surface area contributed by atoms with Crippen LogP contribution < -0.4 is 0 Å². The second kappa shape index (κ2) is 5.09. The van der Waals surface area contributed by atoms with Gasteiger partial charge in [-0.2, -0.15) is 0 Å². The third kappa shape index (κ3) is 2.55. The Labute approximate surface area is 114 Å². The summed E-state index contributed by atoms with van der Waals surface area (Å²) in [5, 5.41) is 0.713. The first kappa shape index (κ1) is 13.1. The minimum atomic E-state index is -0.456. The minimum Gasteiger partial charge on any atom is -0.289 e. The summed E-state index contributed by atoms with van der Waals surface area (Å²) >= 11 is 11.8. The first-order valence-electron chi connectivity index (χ1n) is 5.25. The predicted octanol–water partition coefficient (Wildman–Crippen LogP) is 4.67. The van der Waals surface area contributed by atoms with Crippen molar-refractivity contribution in [2.24, 2.45) is 0 Å². The van der Waals surface area contributed by atoms with Crippen molar-refractivity contribution in [1.82, 2.24) is 0 Å². The summed E-state index contributed by atoms with van der Waals surface area (Å²) in [4.78, 5) is 12.3. The lowest BCUT2D eigenvalue weighted by atomic mass is 9.99. The maximum atomic E-state index is 13.2. The molecule has 0 unspecified atom stereocenters.